The molecule has 0 amide bonds. The van der Waals surface area contributed by atoms with Crippen LogP contribution in [0.3, 0.4) is 0 Å². The van der Waals surface area contributed by atoms with Crippen LogP contribution in [0.1, 0.15) is 0 Å². The van der Waals surface area contributed by atoms with Crippen LogP contribution in [0.2, 0.25) is 0 Å². The normalized spacial score (nSPS) is 11.7. The van der Waals surface area contributed by atoms with E-state index in [-0.39, 0.29) is 10.5 Å². The van der Waals surface area contributed by atoms with Gasteiger partial charge in [0.1, 0.15) is 5.75 Å². The number of hydrogen-bond donors (Lipinski definition) is 2. The van der Waals surface area contributed by atoms with Crippen molar-refractivity contribution in [2.75, 3.05) is 7.11 Å². The first-order valence-electron chi connectivity index (χ1n) is 6.18. The van der Waals surface area contributed by atoms with Crippen molar-refractivity contribution in [3.05, 3.63) is 47.0 Å². The molecule has 0 radical (unpaired) electrons. The van der Waals surface area contributed by atoms with Gasteiger partial charge in [-0.1, -0.05) is 0 Å². The highest BCUT2D eigenvalue weighted by atomic mass is 32.2. The summed E-state index contributed by atoms with van der Waals surface area (Å²) in [6.07, 6.45) is 3.27. The lowest BCUT2D eigenvalue weighted by molar-refractivity contribution is 0.415. The average molecular weight is 320 g/mol. The Bertz CT molecular complexity index is 1020. The van der Waals surface area contributed by atoms with Gasteiger partial charge in [0.2, 0.25) is 15.8 Å². The molecule has 0 spiro atoms. The van der Waals surface area contributed by atoms with Gasteiger partial charge >= 0.3 is 0 Å². The maximum atomic E-state index is 11.4. The molecule has 3 aromatic rings. The Labute approximate surface area is 125 Å². The minimum absolute atomic E-state index is 0.0507. The molecule has 0 fully saturated rings. The molecule has 0 saturated carbocycles. The number of primary sulfonamides is 1. The number of methoxy groups -OCH3 is 1. The summed E-state index contributed by atoms with van der Waals surface area (Å²) in [5.74, 6) is 0.692. The summed E-state index contributed by atoms with van der Waals surface area (Å²) < 4.78 is 29.6. The lowest BCUT2D eigenvalue weighted by Gasteiger charge is -2.07. The number of aromatic amines is 1. The van der Waals surface area contributed by atoms with Crippen molar-refractivity contribution in [1.29, 1.82) is 0 Å². The summed E-state index contributed by atoms with van der Waals surface area (Å²) in [5.41, 5.74) is 0.848. The van der Waals surface area contributed by atoms with E-state index in [4.69, 9.17) is 9.88 Å². The van der Waals surface area contributed by atoms with Crippen LogP contribution < -0.4 is 15.4 Å². The highest BCUT2D eigenvalue weighted by Gasteiger charge is 2.15. The van der Waals surface area contributed by atoms with E-state index in [9.17, 15) is 13.2 Å². The molecule has 22 heavy (non-hydrogen) atoms. The van der Waals surface area contributed by atoms with Crippen molar-refractivity contribution < 1.29 is 13.2 Å². The number of imidazole rings is 1. The van der Waals surface area contributed by atoms with Crippen LogP contribution in [-0.4, -0.2) is 29.9 Å². The van der Waals surface area contributed by atoms with Gasteiger partial charge in [-0.3, -0.25) is 14.2 Å². The van der Waals surface area contributed by atoms with Gasteiger partial charge in [-0.2, -0.15) is 0 Å². The van der Waals surface area contributed by atoms with Crippen molar-refractivity contribution >= 4 is 15.8 Å². The Morgan fingerprint density at radius 2 is 2.09 bits per heavy atom. The highest BCUT2D eigenvalue weighted by Crippen LogP contribution is 2.31. The van der Waals surface area contributed by atoms with Crippen LogP contribution in [-0.2, 0) is 10.0 Å². The largest absolute Gasteiger partial charge is 0.496 e. The second kappa shape index (κ2) is 4.97. The van der Waals surface area contributed by atoms with Crippen molar-refractivity contribution in [3.8, 4) is 17.0 Å². The smallest absolute Gasteiger partial charge is 0.252 e. The third-order valence-electron chi connectivity index (χ3n) is 3.13. The SMILES string of the molecule is COc1cc(S(N)(=O)=O)ccc1-c1cn2ccc(=O)[nH]c2n1. The van der Waals surface area contributed by atoms with Crippen LogP contribution in [0.4, 0.5) is 0 Å². The fourth-order valence-corrected chi connectivity index (χ4v) is 2.62. The summed E-state index contributed by atoms with van der Waals surface area (Å²) in [7, 11) is -2.40. The number of nitrogens with one attached hydrogen (secondary N) is 1. The van der Waals surface area contributed by atoms with E-state index in [1.165, 1.54) is 25.3 Å². The first kappa shape index (κ1) is 14.3. The molecule has 9 heteroatoms. The summed E-state index contributed by atoms with van der Waals surface area (Å²) in [6, 6.07) is 5.63. The molecule has 0 saturated heterocycles. The van der Waals surface area contributed by atoms with Gasteiger partial charge in [0.05, 0.1) is 17.7 Å². The zero-order valence-corrected chi connectivity index (χ0v) is 12.3. The van der Waals surface area contributed by atoms with Crippen molar-refractivity contribution in [2.45, 2.75) is 4.90 Å². The molecule has 0 aliphatic carbocycles. The Hall–Kier alpha value is -2.65. The lowest BCUT2D eigenvalue weighted by Crippen LogP contribution is -2.12. The van der Waals surface area contributed by atoms with Crippen LogP contribution in [0.25, 0.3) is 17.0 Å². The van der Waals surface area contributed by atoms with E-state index in [1.54, 1.807) is 22.9 Å². The number of sulfonamides is 1. The average Bonchev–Trinajstić information content (AvgIpc) is 2.88. The van der Waals surface area contributed by atoms with Crippen molar-refractivity contribution in [3.63, 3.8) is 0 Å². The lowest BCUT2D eigenvalue weighted by atomic mass is 10.1. The number of aromatic nitrogens is 3. The summed E-state index contributed by atoms with van der Waals surface area (Å²) in [4.78, 5) is 18.1. The second-order valence-corrected chi connectivity index (χ2v) is 6.13. The number of ether oxygens (including phenoxy) is 1. The van der Waals surface area contributed by atoms with Crippen LogP contribution in [0, 0.1) is 0 Å². The van der Waals surface area contributed by atoms with Gasteiger partial charge in [0.15, 0.2) is 0 Å². The number of nitrogens with zero attached hydrogens (tertiary/aromatic N) is 2. The number of benzene rings is 1. The number of hydrogen-bond acceptors (Lipinski definition) is 5. The molecular formula is C13H12N4O4S. The maximum absolute atomic E-state index is 11.4. The highest BCUT2D eigenvalue weighted by molar-refractivity contribution is 7.89. The molecule has 0 bridgehead atoms. The second-order valence-electron chi connectivity index (χ2n) is 4.57. The van der Waals surface area contributed by atoms with Gasteiger partial charge in [0, 0.05) is 30.1 Å². The number of fused-ring (bicyclic) bond motifs is 1. The van der Waals surface area contributed by atoms with Gasteiger partial charge in [-0.15, -0.1) is 0 Å². The zero-order chi connectivity index (χ0) is 15.9. The first-order chi connectivity index (χ1) is 10.4. The van der Waals surface area contributed by atoms with Crippen LogP contribution in [0.15, 0.2) is 46.3 Å². The fraction of sp³-hybridized carbons (Fsp3) is 0.0769. The number of rotatable bonds is 3. The standard InChI is InChI=1S/C13H12N4O4S/c1-21-11-6-8(22(14,19)20)2-3-9(11)10-7-17-5-4-12(18)16-13(17)15-10/h2-7H,1H3,(H2,14,19,20)(H,15,16,18). The van der Waals surface area contributed by atoms with Crippen molar-refractivity contribution in [1.82, 2.24) is 14.4 Å². The number of H-pyrrole nitrogens is 1. The molecule has 114 valence electrons. The van der Waals surface area contributed by atoms with E-state index in [0.29, 0.717) is 22.8 Å². The summed E-state index contributed by atoms with van der Waals surface area (Å²) in [6.45, 7) is 0. The van der Waals surface area contributed by atoms with Gasteiger partial charge in [0.25, 0.3) is 5.56 Å². The molecule has 3 rings (SSSR count). The van der Waals surface area contributed by atoms with E-state index in [0.717, 1.165) is 0 Å². The third kappa shape index (κ3) is 2.47. The third-order valence-corrected chi connectivity index (χ3v) is 4.04. The predicted molar refractivity (Wildman–Crippen MR) is 79.2 cm³/mol. The number of nitrogens with two attached hydrogens (primary N) is 1. The van der Waals surface area contributed by atoms with Crippen LogP contribution in [0.5, 0.6) is 5.75 Å². The molecule has 0 unspecified atom stereocenters. The van der Waals surface area contributed by atoms with Gasteiger partial charge in [-0.05, 0) is 12.1 Å². The molecule has 0 aliphatic rings. The van der Waals surface area contributed by atoms with E-state index < -0.39 is 10.0 Å². The molecular weight excluding hydrogens is 308 g/mol. The molecule has 2 heterocycles. The Morgan fingerprint density at radius 1 is 1.32 bits per heavy atom. The minimum Gasteiger partial charge on any atom is -0.496 e. The first-order valence-corrected chi connectivity index (χ1v) is 7.72. The zero-order valence-electron chi connectivity index (χ0n) is 11.5. The van der Waals surface area contributed by atoms with Crippen LogP contribution >= 0.6 is 0 Å². The topological polar surface area (TPSA) is 120 Å². The van der Waals surface area contributed by atoms with E-state index in [2.05, 4.69) is 9.97 Å². The fourth-order valence-electron chi connectivity index (χ4n) is 2.09. The molecule has 0 atom stereocenters. The Kier molecular flexibility index (Phi) is 3.23. The molecule has 2 aromatic heterocycles. The molecule has 3 N–H and O–H groups in total. The molecule has 0 aliphatic heterocycles. The van der Waals surface area contributed by atoms with Gasteiger partial charge in [-0.25, -0.2) is 18.5 Å². The monoisotopic (exact) mass is 320 g/mol. The quantitative estimate of drug-likeness (QED) is 0.721. The summed E-state index contributed by atoms with van der Waals surface area (Å²) >= 11 is 0. The Morgan fingerprint density at radius 3 is 2.77 bits per heavy atom. The molecule has 8 nitrogen and oxygen atoms in total. The van der Waals surface area contributed by atoms with Gasteiger partial charge < -0.3 is 4.74 Å². The summed E-state index contributed by atoms with van der Waals surface area (Å²) in [5, 5.41) is 5.10. The minimum atomic E-state index is -3.82. The predicted octanol–water partition coefficient (Wildman–Crippen LogP) is 0.346. The van der Waals surface area contributed by atoms with Crippen molar-refractivity contribution in [2.24, 2.45) is 5.14 Å². The Balaban J connectivity index is 2.19. The maximum Gasteiger partial charge on any atom is 0.252 e. The molecule has 1 aromatic carbocycles. The van der Waals surface area contributed by atoms with E-state index in [1.807, 2.05) is 0 Å². The van der Waals surface area contributed by atoms with E-state index >= 15 is 0 Å².